The van der Waals surface area contributed by atoms with Gasteiger partial charge in [0.25, 0.3) is 5.91 Å². The van der Waals surface area contributed by atoms with E-state index in [4.69, 9.17) is 4.74 Å². The van der Waals surface area contributed by atoms with Crippen LogP contribution in [0.2, 0.25) is 0 Å². The van der Waals surface area contributed by atoms with Crippen LogP contribution in [0.4, 0.5) is 0 Å². The normalized spacial score (nSPS) is 19.1. The zero-order valence-corrected chi connectivity index (χ0v) is 16.9. The van der Waals surface area contributed by atoms with Crippen LogP contribution < -0.4 is 10.1 Å². The van der Waals surface area contributed by atoms with Gasteiger partial charge in [-0.1, -0.05) is 24.3 Å². The zero-order valence-electron chi connectivity index (χ0n) is 16.9. The highest BCUT2D eigenvalue weighted by atomic mass is 16.5. The molecule has 0 atom stereocenters. The quantitative estimate of drug-likeness (QED) is 0.696. The van der Waals surface area contributed by atoms with Gasteiger partial charge in [-0.3, -0.25) is 4.79 Å². The molecule has 2 heterocycles. The van der Waals surface area contributed by atoms with Gasteiger partial charge in [0.2, 0.25) is 0 Å². The zero-order chi connectivity index (χ0) is 20.2. The number of ether oxygens (including phenoxy) is 1. The lowest BCUT2D eigenvalue weighted by Gasteiger charge is -2.26. The van der Waals surface area contributed by atoms with Crippen LogP contribution in [-0.4, -0.2) is 38.6 Å². The van der Waals surface area contributed by atoms with Crippen molar-refractivity contribution in [2.75, 3.05) is 7.11 Å². The second-order valence-electron chi connectivity index (χ2n) is 7.79. The average molecular weight is 393 g/mol. The largest absolute Gasteiger partial charge is 0.497 e. The Bertz CT molecular complexity index is 938. The van der Waals surface area contributed by atoms with Gasteiger partial charge in [-0.15, -0.1) is 5.10 Å². The first-order valence-corrected chi connectivity index (χ1v) is 10.1. The van der Waals surface area contributed by atoms with Gasteiger partial charge in [-0.05, 0) is 61.4 Å². The van der Waals surface area contributed by atoms with Crippen LogP contribution >= 0.6 is 0 Å². The predicted molar refractivity (Wildman–Crippen MR) is 110 cm³/mol. The minimum absolute atomic E-state index is 0.158. The Kier molecular flexibility index (Phi) is 5.64. The lowest BCUT2D eigenvalue weighted by molar-refractivity contribution is 0.0918. The summed E-state index contributed by atoms with van der Waals surface area (Å²) in [6, 6.07) is 11.9. The summed E-state index contributed by atoms with van der Waals surface area (Å²) in [6.45, 7) is 2.78. The fourth-order valence-corrected chi connectivity index (χ4v) is 3.85. The number of amides is 1. The monoisotopic (exact) mass is 393 g/mol. The van der Waals surface area contributed by atoms with Crippen molar-refractivity contribution in [3.63, 3.8) is 0 Å². The molecule has 0 radical (unpaired) electrons. The number of rotatable bonds is 6. The summed E-state index contributed by atoms with van der Waals surface area (Å²) in [5.41, 5.74) is 1.41. The van der Waals surface area contributed by atoms with E-state index in [2.05, 4.69) is 22.6 Å². The molecule has 0 bridgehead atoms. The molecule has 1 aliphatic carbocycles. The van der Waals surface area contributed by atoms with Crippen molar-refractivity contribution >= 4 is 5.91 Å². The second-order valence-corrected chi connectivity index (χ2v) is 7.79. The molecule has 3 aromatic rings. The van der Waals surface area contributed by atoms with Gasteiger partial charge < -0.3 is 14.6 Å². The molecule has 29 heavy (non-hydrogen) atoms. The Balaban J connectivity index is 1.58. The van der Waals surface area contributed by atoms with E-state index in [0.29, 0.717) is 18.1 Å². The number of nitrogens with one attached hydrogen (secondary N) is 1. The molecular weight excluding hydrogens is 366 g/mol. The number of hydrogen-bond acceptors (Lipinski definition) is 4. The molecule has 4 rings (SSSR count). The molecule has 0 aliphatic heterocycles. The number of nitrogens with zero attached hydrogens (tertiary/aromatic N) is 4. The van der Waals surface area contributed by atoms with E-state index in [-0.39, 0.29) is 11.9 Å². The van der Waals surface area contributed by atoms with Gasteiger partial charge in [0, 0.05) is 18.4 Å². The molecule has 0 spiro atoms. The summed E-state index contributed by atoms with van der Waals surface area (Å²) in [5.74, 6) is 2.06. The van der Waals surface area contributed by atoms with Gasteiger partial charge in [0.1, 0.15) is 5.75 Å². The van der Waals surface area contributed by atoms with Crippen LogP contribution in [0.1, 0.15) is 48.7 Å². The van der Waals surface area contributed by atoms with Gasteiger partial charge in [-0.2, -0.15) is 0 Å². The van der Waals surface area contributed by atoms with Crippen LogP contribution in [0, 0.1) is 5.92 Å². The van der Waals surface area contributed by atoms with E-state index in [1.54, 1.807) is 11.8 Å². The number of aromatic nitrogens is 4. The maximum absolute atomic E-state index is 13.0. The number of carbonyl (C=O) groups excluding carboxylic acids is 1. The molecule has 1 fully saturated rings. The molecule has 0 saturated heterocycles. The summed E-state index contributed by atoms with van der Waals surface area (Å²) in [7, 11) is 1.65. The third kappa shape index (κ3) is 4.34. The van der Waals surface area contributed by atoms with E-state index >= 15 is 0 Å². The standard InChI is InChI=1S/C22H27N5O2/c1-16-5-9-18(10-6-16)23-21(28)20-22(26-13-3-4-14-26)27(25-24-20)15-17-7-11-19(29-2)12-8-17/h3-4,7-8,11-14,16,18H,5-6,9-10,15H2,1-2H3,(H,23,28). The number of benzene rings is 1. The number of carbonyl (C=O) groups is 1. The smallest absolute Gasteiger partial charge is 0.275 e. The molecule has 1 amide bonds. The van der Waals surface area contributed by atoms with Gasteiger partial charge in [-0.25, -0.2) is 4.68 Å². The van der Waals surface area contributed by atoms with E-state index in [0.717, 1.165) is 42.9 Å². The van der Waals surface area contributed by atoms with Crippen molar-refractivity contribution in [2.45, 2.75) is 45.2 Å². The van der Waals surface area contributed by atoms with Crippen LogP contribution in [0.25, 0.3) is 5.82 Å². The predicted octanol–water partition coefficient (Wildman–Crippen LogP) is 3.43. The van der Waals surface area contributed by atoms with Crippen LogP contribution in [0.15, 0.2) is 48.8 Å². The van der Waals surface area contributed by atoms with E-state index < -0.39 is 0 Å². The van der Waals surface area contributed by atoms with Crippen molar-refractivity contribution in [3.8, 4) is 11.6 Å². The maximum Gasteiger partial charge on any atom is 0.275 e. The molecule has 1 N–H and O–H groups in total. The molecule has 2 aromatic heterocycles. The Labute approximate surface area is 170 Å². The minimum atomic E-state index is -0.158. The lowest BCUT2D eigenvalue weighted by Crippen LogP contribution is -2.38. The molecule has 1 aromatic carbocycles. The van der Waals surface area contributed by atoms with Gasteiger partial charge in [0.05, 0.1) is 13.7 Å². The van der Waals surface area contributed by atoms with Crippen molar-refractivity contribution in [3.05, 3.63) is 60.0 Å². The summed E-state index contributed by atoms with van der Waals surface area (Å²) < 4.78 is 8.88. The number of hydrogen-bond donors (Lipinski definition) is 1. The average Bonchev–Trinajstić information content (AvgIpc) is 3.40. The SMILES string of the molecule is COc1ccc(Cn2nnc(C(=O)NC3CCC(C)CC3)c2-n2cccc2)cc1. The summed E-state index contributed by atoms with van der Waals surface area (Å²) in [4.78, 5) is 13.0. The molecule has 152 valence electrons. The van der Waals surface area contributed by atoms with Gasteiger partial charge >= 0.3 is 0 Å². The molecular formula is C22H27N5O2. The summed E-state index contributed by atoms with van der Waals surface area (Å²) in [5, 5.41) is 11.7. The van der Waals surface area contributed by atoms with Crippen LogP contribution in [0.5, 0.6) is 5.75 Å². The third-order valence-electron chi connectivity index (χ3n) is 5.62. The van der Waals surface area contributed by atoms with Crippen LogP contribution in [0.3, 0.4) is 0 Å². The highest BCUT2D eigenvalue weighted by Gasteiger charge is 2.25. The first-order chi connectivity index (χ1) is 14.1. The second kappa shape index (κ2) is 8.51. The lowest BCUT2D eigenvalue weighted by atomic mass is 9.87. The topological polar surface area (TPSA) is 74.0 Å². The highest BCUT2D eigenvalue weighted by molar-refractivity contribution is 5.95. The number of methoxy groups -OCH3 is 1. The Morgan fingerprint density at radius 3 is 2.48 bits per heavy atom. The van der Waals surface area contributed by atoms with Gasteiger partial charge in [0.15, 0.2) is 11.5 Å². The molecule has 1 saturated carbocycles. The molecule has 0 unspecified atom stereocenters. The first-order valence-electron chi connectivity index (χ1n) is 10.1. The van der Waals surface area contributed by atoms with Crippen molar-refractivity contribution in [2.24, 2.45) is 5.92 Å². The van der Waals surface area contributed by atoms with Crippen LogP contribution in [-0.2, 0) is 6.54 Å². The Hall–Kier alpha value is -3.09. The fourth-order valence-electron chi connectivity index (χ4n) is 3.85. The molecule has 7 nitrogen and oxygen atoms in total. The van der Waals surface area contributed by atoms with E-state index in [1.807, 2.05) is 53.4 Å². The van der Waals surface area contributed by atoms with Crippen molar-refractivity contribution in [1.82, 2.24) is 24.9 Å². The maximum atomic E-state index is 13.0. The third-order valence-corrected chi connectivity index (χ3v) is 5.62. The molecule has 1 aliphatic rings. The van der Waals surface area contributed by atoms with E-state index in [1.165, 1.54) is 0 Å². The minimum Gasteiger partial charge on any atom is -0.497 e. The molecule has 7 heteroatoms. The highest BCUT2D eigenvalue weighted by Crippen LogP contribution is 2.24. The summed E-state index contributed by atoms with van der Waals surface area (Å²) in [6.07, 6.45) is 8.15. The van der Waals surface area contributed by atoms with Crippen molar-refractivity contribution < 1.29 is 9.53 Å². The Morgan fingerprint density at radius 2 is 1.83 bits per heavy atom. The first kappa shape index (κ1) is 19.2. The Morgan fingerprint density at radius 1 is 1.14 bits per heavy atom. The van der Waals surface area contributed by atoms with Crippen molar-refractivity contribution in [1.29, 1.82) is 0 Å². The van der Waals surface area contributed by atoms with E-state index in [9.17, 15) is 4.79 Å². The fraction of sp³-hybridized carbons (Fsp3) is 0.409. The summed E-state index contributed by atoms with van der Waals surface area (Å²) >= 11 is 0.